The van der Waals surface area contributed by atoms with E-state index in [-0.39, 0.29) is 0 Å². The summed E-state index contributed by atoms with van der Waals surface area (Å²) in [7, 11) is 0. The zero-order valence-electron chi connectivity index (χ0n) is 7.26. The second-order valence-electron chi connectivity index (χ2n) is 2.70. The van der Waals surface area contributed by atoms with Crippen LogP contribution >= 0.6 is 23.1 Å². The zero-order valence-corrected chi connectivity index (χ0v) is 8.90. The average molecular weight is 198 g/mol. The number of imidazole rings is 1. The Bertz CT molecular complexity index is 414. The van der Waals surface area contributed by atoms with E-state index in [2.05, 4.69) is 23.1 Å². The first kappa shape index (κ1) is 8.13. The van der Waals surface area contributed by atoms with Gasteiger partial charge in [-0.2, -0.15) is 0 Å². The van der Waals surface area contributed by atoms with Gasteiger partial charge < -0.3 is 4.98 Å². The molecule has 2 aromatic rings. The maximum absolute atomic E-state index is 4.42. The van der Waals surface area contributed by atoms with Gasteiger partial charge in [0.05, 0.1) is 9.73 Å². The molecule has 0 amide bonds. The number of hydrogen-bond donors (Lipinski definition) is 1. The predicted molar refractivity (Wildman–Crippen MR) is 55.2 cm³/mol. The van der Waals surface area contributed by atoms with Gasteiger partial charge in [0, 0.05) is 4.88 Å². The van der Waals surface area contributed by atoms with Crippen LogP contribution in [0.3, 0.4) is 0 Å². The van der Waals surface area contributed by atoms with E-state index in [1.165, 1.54) is 14.6 Å². The van der Waals surface area contributed by atoms with E-state index in [4.69, 9.17) is 0 Å². The number of aryl methyl sites for hydroxylation is 2. The van der Waals surface area contributed by atoms with Crippen molar-refractivity contribution in [1.82, 2.24) is 9.97 Å². The Morgan fingerprint density at radius 3 is 2.83 bits per heavy atom. The van der Waals surface area contributed by atoms with Gasteiger partial charge in [-0.1, -0.05) is 0 Å². The summed E-state index contributed by atoms with van der Waals surface area (Å²) in [5, 5.41) is 0. The normalized spacial score (nSPS) is 11.2. The van der Waals surface area contributed by atoms with Crippen molar-refractivity contribution in [2.24, 2.45) is 0 Å². The first-order chi connectivity index (χ1) is 5.72. The van der Waals surface area contributed by atoms with Gasteiger partial charge in [-0.3, -0.25) is 0 Å². The molecule has 0 fully saturated rings. The monoisotopic (exact) mass is 198 g/mol. The second-order valence-corrected chi connectivity index (χ2v) is 5.00. The second kappa shape index (κ2) is 2.78. The molecule has 0 aliphatic carbocycles. The first-order valence-electron chi connectivity index (χ1n) is 3.72. The van der Waals surface area contributed by atoms with E-state index in [9.17, 15) is 0 Å². The van der Waals surface area contributed by atoms with E-state index < -0.39 is 0 Å². The summed E-state index contributed by atoms with van der Waals surface area (Å²) in [5.74, 6) is 1.01. The van der Waals surface area contributed by atoms with E-state index in [0.717, 1.165) is 11.3 Å². The minimum absolute atomic E-state index is 1.01. The fraction of sp³-hybridized carbons (Fsp3) is 0.375. The highest BCUT2D eigenvalue weighted by atomic mass is 32.2. The minimum atomic E-state index is 1.01. The van der Waals surface area contributed by atoms with E-state index >= 15 is 0 Å². The van der Waals surface area contributed by atoms with Crippen LogP contribution in [0, 0.1) is 13.8 Å². The molecule has 0 saturated heterocycles. The third-order valence-corrected chi connectivity index (χ3v) is 4.00. The highest BCUT2D eigenvalue weighted by Gasteiger charge is 2.10. The van der Waals surface area contributed by atoms with Gasteiger partial charge in [-0.05, 0) is 20.1 Å². The SMILES string of the molecule is CSc1sc(C)c2nc(C)[nH]c12. The molecule has 0 aliphatic rings. The number of H-pyrrole nitrogens is 1. The molecule has 0 aromatic carbocycles. The number of thioether (sulfide) groups is 1. The van der Waals surface area contributed by atoms with Crippen LogP contribution in [0.15, 0.2) is 4.21 Å². The number of nitrogens with zero attached hydrogens (tertiary/aromatic N) is 1. The Kier molecular flexibility index (Phi) is 1.88. The molecule has 0 aliphatic heterocycles. The third-order valence-electron chi connectivity index (χ3n) is 1.79. The van der Waals surface area contributed by atoms with Crippen LogP contribution in [0.4, 0.5) is 0 Å². The minimum Gasteiger partial charge on any atom is -0.341 e. The molecule has 2 aromatic heterocycles. The summed E-state index contributed by atoms with van der Waals surface area (Å²) in [4.78, 5) is 9.00. The van der Waals surface area contributed by atoms with Gasteiger partial charge in [0.25, 0.3) is 0 Å². The zero-order chi connectivity index (χ0) is 8.72. The number of nitrogens with one attached hydrogen (secondary N) is 1. The van der Waals surface area contributed by atoms with Crippen molar-refractivity contribution in [2.75, 3.05) is 6.26 Å². The van der Waals surface area contributed by atoms with Crippen LogP contribution in [0.1, 0.15) is 10.7 Å². The summed E-state index contributed by atoms with van der Waals surface area (Å²) in [6.45, 7) is 4.11. The Balaban J connectivity index is 2.79. The standard InChI is InChI=1S/C8H10N2S2/c1-4-6-7(8(11-3)12-4)10-5(2)9-6/h1-3H3,(H,9,10). The van der Waals surface area contributed by atoms with Crippen molar-refractivity contribution in [3.8, 4) is 0 Å². The molecule has 0 atom stereocenters. The van der Waals surface area contributed by atoms with E-state index in [1.54, 1.807) is 11.8 Å². The lowest BCUT2D eigenvalue weighted by Gasteiger charge is -1.86. The lowest BCUT2D eigenvalue weighted by Crippen LogP contribution is -1.71. The molecule has 4 heteroatoms. The Morgan fingerprint density at radius 1 is 1.42 bits per heavy atom. The van der Waals surface area contributed by atoms with Gasteiger partial charge in [-0.25, -0.2) is 4.98 Å². The number of thiophene rings is 1. The number of fused-ring (bicyclic) bond motifs is 1. The van der Waals surface area contributed by atoms with Gasteiger partial charge in [0.1, 0.15) is 11.3 Å². The van der Waals surface area contributed by atoms with Gasteiger partial charge in [0.2, 0.25) is 0 Å². The molecule has 12 heavy (non-hydrogen) atoms. The molecule has 1 N–H and O–H groups in total. The molecule has 0 radical (unpaired) electrons. The fourth-order valence-electron chi connectivity index (χ4n) is 1.28. The Morgan fingerprint density at radius 2 is 2.17 bits per heavy atom. The van der Waals surface area contributed by atoms with Gasteiger partial charge in [-0.15, -0.1) is 23.1 Å². The molecular formula is C8H10N2S2. The Labute approximate surface area is 79.4 Å². The van der Waals surface area contributed by atoms with Crippen molar-refractivity contribution in [1.29, 1.82) is 0 Å². The van der Waals surface area contributed by atoms with Crippen molar-refractivity contribution in [3.05, 3.63) is 10.7 Å². The lowest BCUT2D eigenvalue weighted by atomic mass is 10.4. The van der Waals surface area contributed by atoms with Crippen molar-refractivity contribution in [2.45, 2.75) is 18.1 Å². The smallest absolute Gasteiger partial charge is 0.104 e. The summed E-state index contributed by atoms with van der Waals surface area (Å²) in [6, 6.07) is 0. The van der Waals surface area contributed by atoms with Gasteiger partial charge >= 0.3 is 0 Å². The summed E-state index contributed by atoms with van der Waals surface area (Å²) in [5.41, 5.74) is 2.35. The lowest BCUT2D eigenvalue weighted by molar-refractivity contribution is 1.16. The maximum atomic E-state index is 4.42. The molecular weight excluding hydrogens is 188 g/mol. The highest BCUT2D eigenvalue weighted by molar-refractivity contribution is 8.00. The highest BCUT2D eigenvalue weighted by Crippen LogP contribution is 2.34. The summed E-state index contributed by atoms with van der Waals surface area (Å²) in [6.07, 6.45) is 2.10. The molecule has 0 bridgehead atoms. The van der Waals surface area contributed by atoms with E-state index in [0.29, 0.717) is 0 Å². The summed E-state index contributed by atoms with van der Waals surface area (Å²) < 4.78 is 1.34. The summed E-state index contributed by atoms with van der Waals surface area (Å²) >= 11 is 3.59. The van der Waals surface area contributed by atoms with Crippen molar-refractivity contribution in [3.63, 3.8) is 0 Å². The number of aromatic amines is 1. The average Bonchev–Trinajstić information content (AvgIpc) is 2.52. The van der Waals surface area contributed by atoms with Crippen LogP contribution in [-0.4, -0.2) is 16.2 Å². The molecule has 2 nitrogen and oxygen atoms in total. The predicted octanol–water partition coefficient (Wildman–Crippen LogP) is 2.96. The van der Waals surface area contributed by atoms with Crippen molar-refractivity contribution >= 4 is 34.1 Å². The molecule has 0 saturated carbocycles. The Hall–Kier alpha value is -0.480. The largest absolute Gasteiger partial charge is 0.341 e. The van der Waals surface area contributed by atoms with Gasteiger partial charge in [0.15, 0.2) is 0 Å². The topological polar surface area (TPSA) is 28.7 Å². The fourth-order valence-corrected chi connectivity index (χ4v) is 3.11. The van der Waals surface area contributed by atoms with Crippen LogP contribution < -0.4 is 0 Å². The number of aromatic nitrogens is 2. The molecule has 0 spiro atoms. The first-order valence-corrected chi connectivity index (χ1v) is 5.76. The quantitative estimate of drug-likeness (QED) is 0.714. The molecule has 2 heterocycles. The van der Waals surface area contributed by atoms with Crippen LogP contribution in [0.25, 0.3) is 11.0 Å². The molecule has 64 valence electrons. The number of hydrogen-bond acceptors (Lipinski definition) is 3. The molecule has 0 unspecified atom stereocenters. The maximum Gasteiger partial charge on any atom is 0.104 e. The third kappa shape index (κ3) is 1.06. The molecule has 2 rings (SSSR count). The van der Waals surface area contributed by atoms with Crippen LogP contribution in [0.2, 0.25) is 0 Å². The van der Waals surface area contributed by atoms with Crippen LogP contribution in [0.5, 0.6) is 0 Å². The van der Waals surface area contributed by atoms with Crippen LogP contribution in [-0.2, 0) is 0 Å². The van der Waals surface area contributed by atoms with Crippen molar-refractivity contribution < 1.29 is 0 Å². The van der Waals surface area contributed by atoms with E-state index in [1.807, 2.05) is 18.3 Å². The number of rotatable bonds is 1.